The normalized spacial score (nSPS) is 11.3. The van der Waals surface area contributed by atoms with E-state index in [9.17, 15) is 4.79 Å². The van der Waals surface area contributed by atoms with Gasteiger partial charge in [-0.05, 0) is 23.9 Å². The second-order valence-electron chi connectivity index (χ2n) is 3.93. The Hall–Kier alpha value is -2.03. The lowest BCUT2D eigenvalue weighted by Crippen LogP contribution is -1.94. The van der Waals surface area contributed by atoms with Gasteiger partial charge in [0.15, 0.2) is 0 Å². The second kappa shape index (κ2) is 5.34. The molecule has 0 spiro atoms. The van der Waals surface area contributed by atoms with Crippen LogP contribution in [0.15, 0.2) is 48.7 Å². The summed E-state index contributed by atoms with van der Waals surface area (Å²) in [6.45, 7) is 0.879. The summed E-state index contributed by atoms with van der Waals surface area (Å²) in [7, 11) is 0. The van der Waals surface area contributed by atoms with Gasteiger partial charge in [0.25, 0.3) is 0 Å². The van der Waals surface area contributed by atoms with Crippen molar-refractivity contribution in [3.63, 3.8) is 0 Å². The van der Waals surface area contributed by atoms with Crippen LogP contribution in [0.5, 0.6) is 0 Å². The monoisotopic (exact) mass is 229 g/mol. The van der Waals surface area contributed by atoms with E-state index in [1.54, 1.807) is 6.08 Å². The Bertz CT molecular complexity index is 540. The molecular weight excluding hydrogens is 214 g/mol. The predicted molar refractivity (Wildman–Crippen MR) is 67.9 cm³/mol. The molecule has 1 N–H and O–H groups in total. The van der Waals surface area contributed by atoms with Crippen molar-refractivity contribution in [2.24, 2.45) is 0 Å². The van der Waals surface area contributed by atoms with Crippen molar-refractivity contribution in [3.8, 4) is 0 Å². The zero-order valence-electron chi connectivity index (χ0n) is 9.54. The molecule has 0 saturated carbocycles. The average Bonchev–Trinajstić information content (AvgIpc) is 2.72. The summed E-state index contributed by atoms with van der Waals surface area (Å²) in [4.78, 5) is 10.3. The summed E-state index contributed by atoms with van der Waals surface area (Å²) in [5, 5.41) is 9.72. The number of allylic oxidation sites excluding steroid dienone is 1. The van der Waals surface area contributed by atoms with Crippen LogP contribution in [0, 0.1) is 0 Å². The highest BCUT2D eigenvalue weighted by molar-refractivity contribution is 5.79. The van der Waals surface area contributed by atoms with Crippen molar-refractivity contribution < 1.29 is 9.90 Å². The highest BCUT2D eigenvalue weighted by Crippen LogP contribution is 2.15. The van der Waals surface area contributed by atoms with Gasteiger partial charge < -0.3 is 9.67 Å². The molecule has 2 aromatic rings. The molecule has 0 unspecified atom stereocenters. The van der Waals surface area contributed by atoms with Gasteiger partial charge in [0.1, 0.15) is 0 Å². The molecule has 0 radical (unpaired) electrons. The minimum Gasteiger partial charge on any atom is -0.481 e. The van der Waals surface area contributed by atoms with Crippen LogP contribution in [0.2, 0.25) is 0 Å². The van der Waals surface area contributed by atoms with E-state index < -0.39 is 5.97 Å². The van der Waals surface area contributed by atoms with E-state index in [-0.39, 0.29) is 6.42 Å². The van der Waals surface area contributed by atoms with E-state index in [0.717, 1.165) is 13.0 Å². The molecule has 0 amide bonds. The number of aryl methyl sites for hydroxylation is 1. The quantitative estimate of drug-likeness (QED) is 0.800. The summed E-state index contributed by atoms with van der Waals surface area (Å²) in [5.41, 5.74) is 1.22. The van der Waals surface area contributed by atoms with Crippen molar-refractivity contribution in [3.05, 3.63) is 48.7 Å². The Morgan fingerprint density at radius 1 is 1.24 bits per heavy atom. The third kappa shape index (κ3) is 2.97. The molecule has 3 heteroatoms. The number of carboxylic acid groups (broad SMARTS) is 1. The maximum Gasteiger partial charge on any atom is 0.307 e. The van der Waals surface area contributed by atoms with Gasteiger partial charge in [0.05, 0.1) is 6.42 Å². The number of nitrogens with zero attached hydrogens (tertiary/aromatic N) is 1. The third-order valence-electron chi connectivity index (χ3n) is 2.68. The lowest BCUT2D eigenvalue weighted by atomic mass is 10.2. The molecule has 3 nitrogen and oxygen atoms in total. The van der Waals surface area contributed by atoms with Crippen LogP contribution in [-0.4, -0.2) is 15.6 Å². The third-order valence-corrected chi connectivity index (χ3v) is 2.68. The zero-order valence-corrected chi connectivity index (χ0v) is 9.54. The Morgan fingerprint density at radius 3 is 2.88 bits per heavy atom. The van der Waals surface area contributed by atoms with E-state index in [2.05, 4.69) is 29.0 Å². The summed E-state index contributed by atoms with van der Waals surface area (Å²) in [6.07, 6.45) is 6.64. The van der Waals surface area contributed by atoms with Crippen molar-refractivity contribution in [2.45, 2.75) is 19.4 Å². The van der Waals surface area contributed by atoms with E-state index in [1.165, 1.54) is 10.9 Å². The molecule has 88 valence electrons. The summed E-state index contributed by atoms with van der Waals surface area (Å²) < 4.78 is 2.18. The number of hydrogen-bond donors (Lipinski definition) is 1. The Morgan fingerprint density at radius 2 is 2.06 bits per heavy atom. The summed E-state index contributed by atoms with van der Waals surface area (Å²) in [6, 6.07) is 10.3. The standard InChI is InChI=1S/C14H15NO2/c16-14(17)8-2-1-5-10-15-11-9-12-6-3-4-7-13(12)15/h1-4,6-7,9,11H,5,8,10H2,(H,16,17)/b2-1+. The van der Waals surface area contributed by atoms with E-state index in [0.29, 0.717) is 0 Å². The molecule has 2 rings (SSSR count). The van der Waals surface area contributed by atoms with Gasteiger partial charge in [-0.15, -0.1) is 0 Å². The number of aromatic nitrogens is 1. The fourth-order valence-electron chi connectivity index (χ4n) is 1.85. The number of para-hydroxylation sites is 1. The van der Waals surface area contributed by atoms with Gasteiger partial charge in [-0.1, -0.05) is 30.4 Å². The molecule has 0 aliphatic heterocycles. The van der Waals surface area contributed by atoms with E-state index in [1.807, 2.05) is 18.2 Å². The fourth-order valence-corrected chi connectivity index (χ4v) is 1.85. The Labute approximate surface area is 100.0 Å². The molecule has 0 saturated heterocycles. The van der Waals surface area contributed by atoms with Crippen molar-refractivity contribution in [1.82, 2.24) is 4.57 Å². The lowest BCUT2D eigenvalue weighted by Gasteiger charge is -2.02. The smallest absolute Gasteiger partial charge is 0.307 e. The summed E-state index contributed by atoms with van der Waals surface area (Å²) >= 11 is 0. The van der Waals surface area contributed by atoms with Crippen LogP contribution in [-0.2, 0) is 11.3 Å². The fraction of sp³-hybridized carbons (Fsp3) is 0.214. The van der Waals surface area contributed by atoms with Crippen molar-refractivity contribution in [1.29, 1.82) is 0 Å². The number of carboxylic acids is 1. The maximum absolute atomic E-state index is 10.3. The summed E-state index contributed by atoms with van der Waals surface area (Å²) in [5.74, 6) is -0.785. The van der Waals surface area contributed by atoms with Gasteiger partial charge in [0, 0.05) is 18.3 Å². The molecule has 1 heterocycles. The van der Waals surface area contributed by atoms with Gasteiger partial charge in [-0.2, -0.15) is 0 Å². The molecule has 0 atom stereocenters. The number of carbonyl (C=O) groups is 1. The van der Waals surface area contributed by atoms with Crippen LogP contribution in [0.25, 0.3) is 10.9 Å². The van der Waals surface area contributed by atoms with Gasteiger partial charge in [-0.3, -0.25) is 4.79 Å². The predicted octanol–water partition coefficient (Wildman–Crippen LogP) is 3.06. The van der Waals surface area contributed by atoms with Crippen LogP contribution >= 0.6 is 0 Å². The van der Waals surface area contributed by atoms with Gasteiger partial charge >= 0.3 is 5.97 Å². The van der Waals surface area contributed by atoms with Gasteiger partial charge in [0.2, 0.25) is 0 Å². The maximum atomic E-state index is 10.3. The molecular formula is C14H15NO2. The molecule has 1 aromatic carbocycles. The SMILES string of the molecule is O=C(O)C/C=C/CCn1ccc2ccccc21. The lowest BCUT2D eigenvalue weighted by molar-refractivity contribution is -0.136. The topological polar surface area (TPSA) is 42.2 Å². The average molecular weight is 229 g/mol. The van der Waals surface area contributed by atoms with Crippen LogP contribution in [0.1, 0.15) is 12.8 Å². The molecule has 1 aromatic heterocycles. The molecule has 17 heavy (non-hydrogen) atoms. The van der Waals surface area contributed by atoms with Crippen LogP contribution in [0.4, 0.5) is 0 Å². The first-order chi connectivity index (χ1) is 8.27. The van der Waals surface area contributed by atoms with Crippen LogP contribution in [0.3, 0.4) is 0 Å². The number of hydrogen-bond acceptors (Lipinski definition) is 1. The van der Waals surface area contributed by atoms with Crippen molar-refractivity contribution >= 4 is 16.9 Å². The number of rotatable bonds is 5. The van der Waals surface area contributed by atoms with Gasteiger partial charge in [-0.25, -0.2) is 0 Å². The number of aliphatic carboxylic acids is 1. The number of benzene rings is 1. The molecule has 0 aliphatic carbocycles. The Kier molecular flexibility index (Phi) is 3.60. The minimum atomic E-state index is -0.785. The van der Waals surface area contributed by atoms with Crippen molar-refractivity contribution in [2.75, 3.05) is 0 Å². The van der Waals surface area contributed by atoms with Crippen LogP contribution < -0.4 is 0 Å². The zero-order chi connectivity index (χ0) is 12.1. The minimum absolute atomic E-state index is 0.104. The largest absolute Gasteiger partial charge is 0.481 e. The van der Waals surface area contributed by atoms with E-state index in [4.69, 9.17) is 5.11 Å². The second-order valence-corrected chi connectivity index (χ2v) is 3.93. The Balaban J connectivity index is 1.95. The first-order valence-electron chi connectivity index (χ1n) is 5.68. The first kappa shape index (κ1) is 11.5. The van der Waals surface area contributed by atoms with E-state index >= 15 is 0 Å². The number of fused-ring (bicyclic) bond motifs is 1. The highest BCUT2D eigenvalue weighted by Gasteiger charge is 1.97. The molecule has 0 fully saturated rings. The highest BCUT2D eigenvalue weighted by atomic mass is 16.4. The molecule has 0 aliphatic rings. The first-order valence-corrected chi connectivity index (χ1v) is 5.68. The molecule has 0 bridgehead atoms.